The van der Waals surface area contributed by atoms with E-state index < -0.39 is 22.2 Å². The molecule has 0 saturated carbocycles. The third-order valence-corrected chi connectivity index (χ3v) is 8.02. The second kappa shape index (κ2) is 8.27. The molecule has 1 aromatic carbocycles. The molecule has 5 rings (SSSR count). The Kier molecular flexibility index (Phi) is 5.62. The van der Waals surface area contributed by atoms with Crippen molar-refractivity contribution >= 4 is 34.2 Å². The van der Waals surface area contributed by atoms with Gasteiger partial charge in [0.05, 0.1) is 34.6 Å². The van der Waals surface area contributed by atoms with Crippen LogP contribution in [0.3, 0.4) is 0 Å². The zero-order valence-corrected chi connectivity index (χ0v) is 18.8. The minimum Gasteiger partial charge on any atom is -0.381 e. The number of aryl methyl sites for hydroxylation is 1. The lowest BCUT2D eigenvalue weighted by molar-refractivity contribution is -0.0392. The van der Waals surface area contributed by atoms with Crippen molar-refractivity contribution in [3.05, 3.63) is 40.3 Å². The van der Waals surface area contributed by atoms with Crippen molar-refractivity contribution in [2.75, 3.05) is 49.4 Å². The summed E-state index contributed by atoms with van der Waals surface area (Å²) in [6, 6.07) is 5.00. The lowest BCUT2D eigenvalue weighted by Crippen LogP contribution is -2.61. The van der Waals surface area contributed by atoms with Crippen LogP contribution in [0, 0.1) is 5.82 Å². The zero-order chi connectivity index (χ0) is 21.6. The number of anilines is 2. The van der Waals surface area contributed by atoms with Crippen LogP contribution in [0.1, 0.15) is 24.1 Å². The largest absolute Gasteiger partial charge is 0.381 e. The fourth-order valence-corrected chi connectivity index (χ4v) is 5.81. The van der Waals surface area contributed by atoms with Crippen LogP contribution in [-0.4, -0.2) is 59.4 Å². The summed E-state index contributed by atoms with van der Waals surface area (Å²) < 4.78 is 37.8. The minimum absolute atomic E-state index is 0.0879. The topological polar surface area (TPSA) is 76.6 Å². The number of rotatable bonds is 5. The normalized spacial score (nSPS) is 22.8. The highest BCUT2D eigenvalue weighted by atomic mass is 35.5. The average molecular weight is 467 g/mol. The van der Waals surface area contributed by atoms with Crippen LogP contribution >= 0.6 is 11.6 Å². The van der Waals surface area contributed by atoms with E-state index in [-0.39, 0.29) is 11.1 Å². The Hall–Kier alpha value is -1.81. The number of hydrogen-bond donors (Lipinski definition) is 1. The van der Waals surface area contributed by atoms with Crippen molar-refractivity contribution in [2.45, 2.75) is 35.8 Å². The van der Waals surface area contributed by atoms with Gasteiger partial charge in [-0.25, -0.2) is 9.37 Å². The maximum atomic E-state index is 14.0. The number of hydrogen-bond acceptors (Lipinski definition) is 7. The molecule has 1 aromatic heterocycles. The Morgan fingerprint density at radius 3 is 2.81 bits per heavy atom. The Morgan fingerprint density at radius 2 is 2.10 bits per heavy atom. The third-order valence-electron chi connectivity index (χ3n) is 6.25. The first-order valence-corrected chi connectivity index (χ1v) is 12.1. The fraction of sp³-hybridized carbons (Fsp3) is 0.524. The predicted octanol–water partition coefficient (Wildman–Crippen LogP) is 2.89. The average Bonchev–Trinajstić information content (AvgIpc) is 3.12. The zero-order valence-electron chi connectivity index (χ0n) is 17.2. The van der Waals surface area contributed by atoms with Gasteiger partial charge in [-0.2, -0.15) is 4.98 Å². The molecule has 0 amide bonds. The molecule has 1 atom stereocenters. The Bertz CT molecular complexity index is 1030. The van der Waals surface area contributed by atoms with Gasteiger partial charge in [-0.15, -0.1) is 0 Å². The number of nitrogens with one attached hydrogen (secondary N) is 1. The number of fused-ring (bicyclic) bond motifs is 1. The predicted molar refractivity (Wildman–Crippen MR) is 117 cm³/mol. The molecule has 1 unspecified atom stereocenters. The SMILES string of the molecule is COC1(c2ccc(Cl)c(F)c2)CN(c2nc3c(c(NC4CCOCC4)n2)S(=O)CC3)C1. The van der Waals surface area contributed by atoms with E-state index in [1.54, 1.807) is 19.2 Å². The summed E-state index contributed by atoms with van der Waals surface area (Å²) in [5, 5.41) is 3.58. The van der Waals surface area contributed by atoms with Gasteiger partial charge in [0.15, 0.2) is 0 Å². The number of nitrogens with zero attached hydrogens (tertiary/aromatic N) is 3. The molecule has 2 fully saturated rings. The van der Waals surface area contributed by atoms with Gasteiger partial charge >= 0.3 is 0 Å². The summed E-state index contributed by atoms with van der Waals surface area (Å²) in [7, 11) is 0.533. The molecular formula is C21H24ClFN4O3S. The number of aromatic nitrogens is 2. The van der Waals surface area contributed by atoms with Gasteiger partial charge in [0, 0.05) is 38.5 Å². The monoisotopic (exact) mass is 466 g/mol. The molecule has 0 bridgehead atoms. The van der Waals surface area contributed by atoms with E-state index in [0.29, 0.717) is 50.2 Å². The summed E-state index contributed by atoms with van der Waals surface area (Å²) in [5.41, 5.74) is 0.923. The summed E-state index contributed by atoms with van der Waals surface area (Å²) >= 11 is 5.84. The van der Waals surface area contributed by atoms with Gasteiger partial charge < -0.3 is 19.7 Å². The van der Waals surface area contributed by atoms with E-state index in [9.17, 15) is 8.60 Å². The number of methoxy groups -OCH3 is 1. The first kappa shape index (κ1) is 21.1. The standard InChI is InChI=1S/C21H24ClFN4O3S/c1-29-21(13-2-3-15(22)16(23)10-13)11-27(12-21)20-25-17-6-9-31(28)18(17)19(26-20)24-14-4-7-30-8-5-14/h2-3,10,14H,4-9,11-12H2,1H3,(H,24,25,26). The molecule has 7 nitrogen and oxygen atoms in total. The molecule has 0 spiro atoms. The summed E-state index contributed by atoms with van der Waals surface area (Å²) in [5.74, 6) is 1.35. The molecule has 10 heteroatoms. The van der Waals surface area contributed by atoms with E-state index in [0.717, 1.165) is 29.0 Å². The molecule has 0 radical (unpaired) electrons. The number of halogens is 2. The maximum absolute atomic E-state index is 14.0. The van der Waals surface area contributed by atoms with Crippen LogP contribution in [0.25, 0.3) is 0 Å². The van der Waals surface area contributed by atoms with Crippen LogP contribution < -0.4 is 10.2 Å². The van der Waals surface area contributed by atoms with E-state index in [2.05, 4.69) is 5.32 Å². The Labute approximate surface area is 187 Å². The number of benzene rings is 1. The summed E-state index contributed by atoms with van der Waals surface area (Å²) in [4.78, 5) is 12.2. The highest BCUT2D eigenvalue weighted by Gasteiger charge is 2.47. The van der Waals surface area contributed by atoms with E-state index in [1.807, 2.05) is 4.90 Å². The second-order valence-corrected chi connectivity index (χ2v) is 10.1. The number of ether oxygens (including phenoxy) is 2. The minimum atomic E-state index is -1.09. The van der Waals surface area contributed by atoms with Crippen molar-refractivity contribution < 1.29 is 18.1 Å². The van der Waals surface area contributed by atoms with Crippen molar-refractivity contribution in [1.82, 2.24) is 9.97 Å². The summed E-state index contributed by atoms with van der Waals surface area (Å²) in [6.45, 7) is 2.40. The first-order valence-electron chi connectivity index (χ1n) is 10.4. The molecular weight excluding hydrogens is 443 g/mol. The molecule has 2 aromatic rings. The van der Waals surface area contributed by atoms with Gasteiger partial charge in [0.25, 0.3) is 0 Å². The maximum Gasteiger partial charge on any atom is 0.227 e. The van der Waals surface area contributed by atoms with Gasteiger partial charge in [0.1, 0.15) is 22.1 Å². The van der Waals surface area contributed by atoms with Crippen molar-refractivity contribution in [3.63, 3.8) is 0 Å². The molecule has 1 N–H and O–H groups in total. The van der Waals surface area contributed by atoms with Gasteiger partial charge in [0.2, 0.25) is 5.95 Å². The van der Waals surface area contributed by atoms with Crippen LogP contribution in [0.15, 0.2) is 23.1 Å². The highest BCUT2D eigenvalue weighted by Crippen LogP contribution is 2.40. The van der Waals surface area contributed by atoms with Gasteiger partial charge in [-0.3, -0.25) is 4.21 Å². The first-order chi connectivity index (χ1) is 15.0. The van der Waals surface area contributed by atoms with Crippen LogP contribution in [0.5, 0.6) is 0 Å². The Balaban J connectivity index is 1.41. The van der Waals surface area contributed by atoms with E-state index in [4.69, 9.17) is 31.0 Å². The molecule has 2 saturated heterocycles. The van der Waals surface area contributed by atoms with Crippen molar-refractivity contribution in [1.29, 1.82) is 0 Å². The molecule has 3 aliphatic rings. The molecule has 0 aliphatic carbocycles. The third kappa shape index (κ3) is 3.82. The van der Waals surface area contributed by atoms with E-state index >= 15 is 0 Å². The van der Waals surface area contributed by atoms with Gasteiger partial charge in [-0.05, 0) is 30.5 Å². The van der Waals surface area contributed by atoms with Gasteiger partial charge in [-0.1, -0.05) is 17.7 Å². The molecule has 3 aliphatic heterocycles. The Morgan fingerprint density at radius 1 is 1.32 bits per heavy atom. The molecule has 31 heavy (non-hydrogen) atoms. The quantitative estimate of drug-likeness (QED) is 0.726. The van der Waals surface area contributed by atoms with Crippen molar-refractivity contribution in [3.8, 4) is 0 Å². The van der Waals surface area contributed by atoms with Crippen molar-refractivity contribution in [2.24, 2.45) is 0 Å². The smallest absolute Gasteiger partial charge is 0.227 e. The fourth-order valence-electron chi connectivity index (χ4n) is 4.38. The lowest BCUT2D eigenvalue weighted by atomic mass is 9.86. The highest BCUT2D eigenvalue weighted by molar-refractivity contribution is 7.85. The molecule has 166 valence electrons. The second-order valence-electron chi connectivity index (χ2n) is 8.16. The van der Waals surface area contributed by atoms with Crippen LogP contribution in [0.4, 0.5) is 16.2 Å². The molecule has 4 heterocycles. The van der Waals surface area contributed by atoms with Crippen LogP contribution in [-0.2, 0) is 32.3 Å². The van der Waals surface area contributed by atoms with E-state index in [1.165, 1.54) is 6.07 Å². The lowest BCUT2D eigenvalue weighted by Gasteiger charge is -2.49. The summed E-state index contributed by atoms with van der Waals surface area (Å²) in [6.07, 6.45) is 2.45. The van der Waals surface area contributed by atoms with Crippen LogP contribution in [0.2, 0.25) is 5.02 Å².